The molecule has 0 saturated carbocycles. The maximum Gasteiger partial charge on any atom is 0.326 e. The summed E-state index contributed by atoms with van der Waals surface area (Å²) in [5.74, 6) is -0.825. The van der Waals surface area contributed by atoms with Crippen molar-refractivity contribution in [3.63, 3.8) is 0 Å². The fourth-order valence-electron chi connectivity index (χ4n) is 1.74. The molecular weight excluding hydrogens is 244 g/mol. The second-order valence-electron chi connectivity index (χ2n) is 4.99. The Kier molecular flexibility index (Phi) is 5.36. The van der Waals surface area contributed by atoms with Crippen molar-refractivity contribution in [2.75, 3.05) is 5.32 Å². The van der Waals surface area contributed by atoms with Gasteiger partial charge >= 0.3 is 12.0 Å². The van der Waals surface area contributed by atoms with E-state index in [1.165, 1.54) is 0 Å². The summed E-state index contributed by atoms with van der Waals surface area (Å²) in [4.78, 5) is 22.8. The van der Waals surface area contributed by atoms with Crippen LogP contribution in [-0.4, -0.2) is 23.1 Å². The van der Waals surface area contributed by atoms with Crippen LogP contribution in [0.2, 0.25) is 0 Å². The van der Waals surface area contributed by atoms with Crippen LogP contribution in [0.1, 0.15) is 25.8 Å². The summed E-state index contributed by atoms with van der Waals surface area (Å²) in [6.07, 6.45) is 0.399. The smallest absolute Gasteiger partial charge is 0.326 e. The summed E-state index contributed by atoms with van der Waals surface area (Å²) in [6, 6.07) is 5.95. The van der Waals surface area contributed by atoms with Crippen molar-refractivity contribution in [3.8, 4) is 0 Å². The van der Waals surface area contributed by atoms with Gasteiger partial charge in [0, 0.05) is 5.69 Å². The molecule has 104 valence electrons. The van der Waals surface area contributed by atoms with Gasteiger partial charge in [0.05, 0.1) is 0 Å². The highest BCUT2D eigenvalue weighted by Crippen LogP contribution is 2.10. The third-order valence-electron chi connectivity index (χ3n) is 2.59. The highest BCUT2D eigenvalue weighted by atomic mass is 16.4. The quantitative estimate of drug-likeness (QED) is 0.765. The Labute approximate surface area is 113 Å². The van der Waals surface area contributed by atoms with E-state index in [2.05, 4.69) is 10.6 Å². The first-order chi connectivity index (χ1) is 8.88. The first kappa shape index (κ1) is 15.0. The summed E-state index contributed by atoms with van der Waals surface area (Å²) < 4.78 is 0. The molecule has 0 saturated heterocycles. The number of carboxylic acids is 1. The number of aryl methyl sites for hydroxylation is 1. The van der Waals surface area contributed by atoms with Crippen LogP contribution >= 0.6 is 0 Å². The van der Waals surface area contributed by atoms with E-state index in [0.717, 1.165) is 5.56 Å². The maximum absolute atomic E-state index is 11.7. The first-order valence-corrected chi connectivity index (χ1v) is 6.25. The molecule has 0 aliphatic carbocycles. The molecule has 1 rings (SSSR count). The second kappa shape index (κ2) is 6.78. The molecule has 2 amide bonds. The van der Waals surface area contributed by atoms with Crippen LogP contribution in [0.5, 0.6) is 0 Å². The van der Waals surface area contributed by atoms with Gasteiger partial charge in [0.15, 0.2) is 0 Å². The maximum atomic E-state index is 11.7. The molecule has 0 aromatic heterocycles. The van der Waals surface area contributed by atoms with Crippen LogP contribution in [0.3, 0.4) is 0 Å². The number of carbonyl (C=O) groups excluding carboxylic acids is 1. The minimum atomic E-state index is -1.02. The topological polar surface area (TPSA) is 78.4 Å². The van der Waals surface area contributed by atoms with Gasteiger partial charge < -0.3 is 15.7 Å². The summed E-state index contributed by atoms with van der Waals surface area (Å²) in [7, 11) is 0. The molecule has 0 bridgehead atoms. The van der Waals surface area contributed by atoms with E-state index >= 15 is 0 Å². The number of nitrogens with one attached hydrogen (secondary N) is 2. The number of urea groups is 1. The number of hydrogen-bond donors (Lipinski definition) is 3. The number of rotatable bonds is 5. The van der Waals surface area contributed by atoms with E-state index in [-0.39, 0.29) is 5.92 Å². The van der Waals surface area contributed by atoms with Gasteiger partial charge in [0.1, 0.15) is 6.04 Å². The summed E-state index contributed by atoms with van der Waals surface area (Å²) in [5, 5.41) is 14.1. The monoisotopic (exact) mass is 264 g/mol. The van der Waals surface area contributed by atoms with Crippen molar-refractivity contribution in [2.45, 2.75) is 33.2 Å². The fourth-order valence-corrected chi connectivity index (χ4v) is 1.74. The molecule has 5 heteroatoms. The molecule has 0 aliphatic rings. The van der Waals surface area contributed by atoms with Crippen molar-refractivity contribution in [3.05, 3.63) is 29.8 Å². The van der Waals surface area contributed by atoms with Crippen molar-refractivity contribution < 1.29 is 14.7 Å². The molecule has 0 fully saturated rings. The Morgan fingerprint density at radius 3 is 2.53 bits per heavy atom. The lowest BCUT2D eigenvalue weighted by atomic mass is 10.0. The van der Waals surface area contributed by atoms with E-state index in [4.69, 9.17) is 5.11 Å². The molecular formula is C14H20N2O3. The van der Waals surface area contributed by atoms with Gasteiger partial charge in [-0.3, -0.25) is 0 Å². The average molecular weight is 264 g/mol. The van der Waals surface area contributed by atoms with Gasteiger partial charge in [0.2, 0.25) is 0 Å². The summed E-state index contributed by atoms with van der Waals surface area (Å²) in [5.41, 5.74) is 1.67. The van der Waals surface area contributed by atoms with E-state index in [9.17, 15) is 9.59 Å². The number of hydrogen-bond acceptors (Lipinski definition) is 2. The van der Waals surface area contributed by atoms with Crippen molar-refractivity contribution in [1.29, 1.82) is 0 Å². The number of benzene rings is 1. The molecule has 1 aromatic carbocycles. The molecule has 3 N–H and O–H groups in total. The lowest BCUT2D eigenvalue weighted by Crippen LogP contribution is -2.43. The molecule has 0 spiro atoms. The molecule has 0 aliphatic heterocycles. The first-order valence-electron chi connectivity index (χ1n) is 6.25. The lowest BCUT2D eigenvalue weighted by molar-refractivity contribution is -0.139. The number of carbonyl (C=O) groups is 2. The van der Waals surface area contributed by atoms with E-state index in [1.54, 1.807) is 6.07 Å². The molecule has 19 heavy (non-hydrogen) atoms. The van der Waals surface area contributed by atoms with Crippen molar-refractivity contribution in [1.82, 2.24) is 5.32 Å². The van der Waals surface area contributed by atoms with Crippen LogP contribution < -0.4 is 10.6 Å². The van der Waals surface area contributed by atoms with Crippen LogP contribution in [0.4, 0.5) is 10.5 Å². The highest BCUT2D eigenvalue weighted by Gasteiger charge is 2.20. The second-order valence-corrected chi connectivity index (χ2v) is 4.99. The normalized spacial score (nSPS) is 12.0. The Bertz CT molecular complexity index is 458. The molecule has 0 radical (unpaired) electrons. The zero-order chi connectivity index (χ0) is 14.4. The lowest BCUT2D eigenvalue weighted by Gasteiger charge is -2.17. The van der Waals surface area contributed by atoms with Gasteiger partial charge in [-0.25, -0.2) is 9.59 Å². The zero-order valence-corrected chi connectivity index (χ0v) is 11.4. The summed E-state index contributed by atoms with van der Waals surface area (Å²) in [6.45, 7) is 5.74. The highest BCUT2D eigenvalue weighted by molar-refractivity contribution is 5.92. The third-order valence-corrected chi connectivity index (χ3v) is 2.59. The SMILES string of the molecule is Cc1cccc(NC(=O)N[C@H](CC(C)C)C(=O)O)c1. The standard InChI is InChI=1S/C14H20N2O3/c1-9(2)7-12(13(17)18)16-14(19)15-11-6-4-5-10(3)8-11/h4-6,8-9,12H,7H2,1-3H3,(H,17,18)(H2,15,16,19)/t12-/m1/s1. The molecule has 1 aromatic rings. The number of amides is 2. The average Bonchev–Trinajstić information content (AvgIpc) is 2.27. The van der Waals surface area contributed by atoms with Crippen LogP contribution in [0.25, 0.3) is 0 Å². The Morgan fingerprint density at radius 1 is 1.32 bits per heavy atom. The zero-order valence-electron chi connectivity index (χ0n) is 11.4. The fraction of sp³-hybridized carbons (Fsp3) is 0.429. The largest absolute Gasteiger partial charge is 0.480 e. The van der Waals surface area contributed by atoms with E-state index < -0.39 is 18.0 Å². The number of anilines is 1. The molecule has 0 heterocycles. The Hall–Kier alpha value is -2.04. The van der Waals surface area contributed by atoms with Crippen LogP contribution in [-0.2, 0) is 4.79 Å². The van der Waals surface area contributed by atoms with E-state index in [0.29, 0.717) is 12.1 Å². The van der Waals surface area contributed by atoms with Crippen LogP contribution in [0, 0.1) is 12.8 Å². The van der Waals surface area contributed by atoms with Gasteiger partial charge in [-0.05, 0) is 37.0 Å². The van der Waals surface area contributed by atoms with Gasteiger partial charge in [0.25, 0.3) is 0 Å². The number of carboxylic acid groups (broad SMARTS) is 1. The summed E-state index contributed by atoms with van der Waals surface area (Å²) >= 11 is 0. The Balaban J connectivity index is 2.60. The predicted octanol–water partition coefficient (Wildman–Crippen LogP) is 2.62. The predicted molar refractivity (Wildman–Crippen MR) is 74.2 cm³/mol. The van der Waals surface area contributed by atoms with E-state index in [1.807, 2.05) is 39.0 Å². The third kappa shape index (κ3) is 5.42. The molecule has 1 atom stereocenters. The molecule has 0 unspecified atom stereocenters. The minimum Gasteiger partial charge on any atom is -0.480 e. The number of aliphatic carboxylic acids is 1. The van der Waals surface area contributed by atoms with Crippen molar-refractivity contribution >= 4 is 17.7 Å². The minimum absolute atomic E-state index is 0.195. The van der Waals surface area contributed by atoms with Crippen molar-refractivity contribution in [2.24, 2.45) is 5.92 Å². The molecule has 5 nitrogen and oxygen atoms in total. The Morgan fingerprint density at radius 2 is 2.00 bits per heavy atom. The van der Waals surface area contributed by atoms with Crippen LogP contribution in [0.15, 0.2) is 24.3 Å². The van der Waals surface area contributed by atoms with Gasteiger partial charge in [-0.2, -0.15) is 0 Å². The van der Waals surface area contributed by atoms with Gasteiger partial charge in [-0.1, -0.05) is 26.0 Å². The van der Waals surface area contributed by atoms with Gasteiger partial charge in [-0.15, -0.1) is 0 Å².